The van der Waals surface area contributed by atoms with E-state index in [9.17, 15) is 13.5 Å². The van der Waals surface area contributed by atoms with Crippen LogP contribution in [0.1, 0.15) is 54.4 Å². The van der Waals surface area contributed by atoms with Crippen LogP contribution in [0, 0.1) is 11.3 Å². The molecule has 0 radical (unpaired) electrons. The minimum Gasteiger partial charge on any atom is -0.388 e. The van der Waals surface area contributed by atoms with Crippen molar-refractivity contribution >= 4 is 10.0 Å². The van der Waals surface area contributed by atoms with Gasteiger partial charge in [-0.15, -0.1) is 0 Å². The third-order valence-corrected chi connectivity index (χ3v) is 4.71. The molecule has 4 nitrogen and oxygen atoms in total. The van der Waals surface area contributed by atoms with Gasteiger partial charge in [0.1, 0.15) is 0 Å². The van der Waals surface area contributed by atoms with Gasteiger partial charge in [-0.1, -0.05) is 53.7 Å². The van der Waals surface area contributed by atoms with Crippen molar-refractivity contribution in [2.45, 2.75) is 60.0 Å². The summed E-state index contributed by atoms with van der Waals surface area (Å²) < 4.78 is 26.2. The third-order valence-electron chi connectivity index (χ3n) is 3.50. The molecule has 0 aliphatic rings. The van der Waals surface area contributed by atoms with Crippen LogP contribution in [0.2, 0.25) is 0 Å². The highest BCUT2D eigenvalue weighted by Crippen LogP contribution is 2.20. The number of aliphatic hydroxyl groups is 1. The van der Waals surface area contributed by atoms with Crippen molar-refractivity contribution in [1.29, 1.82) is 0 Å². The molecule has 0 aromatic heterocycles. The summed E-state index contributed by atoms with van der Waals surface area (Å²) in [5, 5.41) is 10.3. The van der Waals surface area contributed by atoms with E-state index in [1.807, 2.05) is 26.8 Å². The minimum atomic E-state index is -3.37. The summed E-state index contributed by atoms with van der Waals surface area (Å²) >= 11 is 0. The maximum Gasteiger partial charge on any atom is 0.215 e. The standard InChI is InChI=1S/C15H31NO3S/c1-7-15(17,13(2)3)12-16-20(18,19)11-9-8-10-14(4,5)6/h8-9,13,16-17H,7,10-12H2,1-6H3/b9-8+/t15-/m1/s1. The van der Waals surface area contributed by atoms with Gasteiger partial charge in [-0.05, 0) is 24.2 Å². The fourth-order valence-electron chi connectivity index (χ4n) is 1.66. The van der Waals surface area contributed by atoms with E-state index < -0.39 is 15.6 Å². The van der Waals surface area contributed by atoms with E-state index in [-0.39, 0.29) is 23.6 Å². The van der Waals surface area contributed by atoms with Crippen molar-refractivity contribution in [3.8, 4) is 0 Å². The fourth-order valence-corrected chi connectivity index (χ4v) is 2.64. The molecule has 0 aromatic rings. The van der Waals surface area contributed by atoms with Gasteiger partial charge in [0, 0.05) is 6.54 Å². The lowest BCUT2D eigenvalue weighted by molar-refractivity contribution is -0.00308. The van der Waals surface area contributed by atoms with Crippen molar-refractivity contribution < 1.29 is 13.5 Å². The third kappa shape index (κ3) is 8.02. The molecule has 0 heterocycles. The van der Waals surface area contributed by atoms with Crippen LogP contribution in [0.15, 0.2) is 12.2 Å². The fraction of sp³-hybridized carbons (Fsp3) is 0.867. The Labute approximate surface area is 124 Å². The predicted octanol–water partition coefficient (Wildman–Crippen LogP) is 2.70. The van der Waals surface area contributed by atoms with Gasteiger partial charge < -0.3 is 5.11 Å². The van der Waals surface area contributed by atoms with Gasteiger partial charge in [-0.3, -0.25) is 0 Å². The monoisotopic (exact) mass is 305 g/mol. The molecule has 1 atom stereocenters. The zero-order valence-corrected chi connectivity index (χ0v) is 14.5. The van der Waals surface area contributed by atoms with Crippen molar-refractivity contribution in [2.24, 2.45) is 11.3 Å². The zero-order chi connectivity index (χ0) is 16.0. The van der Waals surface area contributed by atoms with Crippen LogP contribution in [0.25, 0.3) is 0 Å². The summed E-state index contributed by atoms with van der Waals surface area (Å²) in [5.41, 5.74) is -0.823. The Hall–Kier alpha value is -0.390. The van der Waals surface area contributed by atoms with Crippen molar-refractivity contribution in [2.75, 3.05) is 12.3 Å². The summed E-state index contributed by atoms with van der Waals surface area (Å²) in [6.07, 6.45) is 4.93. The van der Waals surface area contributed by atoms with Gasteiger partial charge in [0.15, 0.2) is 0 Å². The van der Waals surface area contributed by atoms with Crippen LogP contribution in [-0.4, -0.2) is 31.4 Å². The van der Waals surface area contributed by atoms with Crippen LogP contribution in [0.4, 0.5) is 0 Å². The molecule has 0 saturated heterocycles. The maximum atomic E-state index is 11.9. The summed E-state index contributed by atoms with van der Waals surface area (Å²) in [7, 11) is -3.37. The molecular weight excluding hydrogens is 274 g/mol. The second kappa shape index (κ2) is 7.57. The highest BCUT2D eigenvalue weighted by Gasteiger charge is 2.30. The minimum absolute atomic E-state index is 0.00614. The molecule has 20 heavy (non-hydrogen) atoms. The van der Waals surface area contributed by atoms with Gasteiger partial charge in [0.25, 0.3) is 0 Å². The number of hydrogen-bond donors (Lipinski definition) is 2. The van der Waals surface area contributed by atoms with Gasteiger partial charge in [0.2, 0.25) is 10.0 Å². The lowest BCUT2D eigenvalue weighted by atomic mass is 9.88. The Morgan fingerprint density at radius 2 is 1.75 bits per heavy atom. The number of hydrogen-bond acceptors (Lipinski definition) is 3. The molecule has 120 valence electrons. The van der Waals surface area contributed by atoms with Crippen molar-refractivity contribution in [3.05, 3.63) is 12.2 Å². The number of nitrogens with one attached hydrogen (secondary N) is 1. The van der Waals surface area contributed by atoms with Gasteiger partial charge in [-0.25, -0.2) is 13.1 Å². The van der Waals surface area contributed by atoms with Crippen LogP contribution in [-0.2, 0) is 10.0 Å². The Morgan fingerprint density at radius 1 is 1.20 bits per heavy atom. The summed E-state index contributed by atoms with van der Waals surface area (Å²) in [4.78, 5) is 0. The molecule has 0 spiro atoms. The maximum absolute atomic E-state index is 11.9. The molecular formula is C15H31NO3S. The molecule has 0 saturated carbocycles. The van der Waals surface area contributed by atoms with Gasteiger partial charge in [-0.2, -0.15) is 0 Å². The van der Waals surface area contributed by atoms with Crippen LogP contribution in [0.3, 0.4) is 0 Å². The molecule has 0 fully saturated rings. The largest absolute Gasteiger partial charge is 0.388 e. The highest BCUT2D eigenvalue weighted by molar-refractivity contribution is 7.89. The quantitative estimate of drug-likeness (QED) is 0.678. The van der Waals surface area contributed by atoms with E-state index in [0.717, 1.165) is 6.42 Å². The molecule has 0 amide bonds. The Bertz CT molecular complexity index is 407. The van der Waals surface area contributed by atoms with E-state index in [2.05, 4.69) is 25.5 Å². The van der Waals surface area contributed by atoms with Gasteiger partial charge >= 0.3 is 0 Å². The van der Waals surface area contributed by atoms with E-state index >= 15 is 0 Å². The highest BCUT2D eigenvalue weighted by atomic mass is 32.2. The first-order valence-corrected chi connectivity index (χ1v) is 8.92. The second-order valence-electron chi connectivity index (χ2n) is 6.95. The predicted molar refractivity (Wildman–Crippen MR) is 85.1 cm³/mol. The molecule has 0 unspecified atom stereocenters. The first-order valence-electron chi connectivity index (χ1n) is 7.26. The zero-order valence-electron chi connectivity index (χ0n) is 13.7. The molecule has 0 aliphatic carbocycles. The molecule has 0 aromatic carbocycles. The average molecular weight is 305 g/mol. The lowest BCUT2D eigenvalue weighted by Crippen LogP contribution is -2.46. The number of allylic oxidation sites excluding steroid dienone is 1. The van der Waals surface area contributed by atoms with E-state index in [4.69, 9.17) is 0 Å². The van der Waals surface area contributed by atoms with Crippen LogP contribution in [0.5, 0.6) is 0 Å². The molecule has 0 aliphatic heterocycles. The molecule has 0 rings (SSSR count). The normalized spacial score (nSPS) is 16.8. The summed E-state index contributed by atoms with van der Waals surface area (Å²) in [6, 6.07) is 0. The number of rotatable bonds is 8. The van der Waals surface area contributed by atoms with E-state index in [0.29, 0.717) is 6.42 Å². The molecule has 0 bridgehead atoms. The van der Waals surface area contributed by atoms with E-state index in [1.54, 1.807) is 6.08 Å². The lowest BCUT2D eigenvalue weighted by Gasteiger charge is -2.31. The smallest absolute Gasteiger partial charge is 0.215 e. The topological polar surface area (TPSA) is 66.4 Å². The Morgan fingerprint density at radius 3 is 2.15 bits per heavy atom. The Kier molecular flexibility index (Phi) is 7.42. The van der Waals surface area contributed by atoms with Crippen molar-refractivity contribution in [1.82, 2.24) is 4.72 Å². The van der Waals surface area contributed by atoms with Crippen LogP contribution >= 0.6 is 0 Å². The second-order valence-corrected chi connectivity index (χ2v) is 8.80. The SMILES string of the molecule is CC[C@@](O)(CNS(=O)(=O)C/C=C/CC(C)(C)C)C(C)C. The molecule has 5 heteroatoms. The molecule has 2 N–H and O–H groups in total. The first kappa shape index (κ1) is 19.6. The summed E-state index contributed by atoms with van der Waals surface area (Å²) in [5.74, 6) is -0.0346. The van der Waals surface area contributed by atoms with Gasteiger partial charge in [0.05, 0.1) is 11.4 Å². The Balaban J connectivity index is 4.41. The van der Waals surface area contributed by atoms with Crippen LogP contribution < -0.4 is 4.72 Å². The number of sulfonamides is 1. The first-order chi connectivity index (χ1) is 8.92. The van der Waals surface area contributed by atoms with E-state index in [1.165, 1.54) is 0 Å². The summed E-state index contributed by atoms with van der Waals surface area (Å²) in [6.45, 7) is 12.0. The average Bonchev–Trinajstić information content (AvgIpc) is 2.30. The van der Waals surface area contributed by atoms with Crippen molar-refractivity contribution in [3.63, 3.8) is 0 Å².